The second-order valence-electron chi connectivity index (χ2n) is 3.24. The first-order valence-corrected chi connectivity index (χ1v) is 4.26. The molecule has 0 amide bonds. The number of nitrogens with one attached hydrogen (secondary N) is 1. The highest BCUT2D eigenvalue weighted by atomic mass is 16.3. The zero-order valence-electron chi connectivity index (χ0n) is 7.12. The number of fused-ring (bicyclic) bond motifs is 1. The largest absolute Gasteiger partial charge is 0.391 e. The van der Waals surface area contributed by atoms with Crippen molar-refractivity contribution in [3.05, 3.63) is 35.4 Å². The van der Waals surface area contributed by atoms with Crippen LogP contribution in [0.25, 0.3) is 0 Å². The number of hydrogen-bond donors (Lipinski definition) is 2. The molecule has 0 aromatic heterocycles. The molecule has 1 aromatic rings. The summed E-state index contributed by atoms with van der Waals surface area (Å²) in [4.78, 5) is 0. The van der Waals surface area contributed by atoms with Gasteiger partial charge in [0, 0.05) is 6.42 Å². The molecule has 0 fully saturated rings. The lowest BCUT2D eigenvalue weighted by Crippen LogP contribution is -2.25. The van der Waals surface area contributed by atoms with Gasteiger partial charge in [-0.25, -0.2) is 0 Å². The molecule has 0 radical (unpaired) electrons. The van der Waals surface area contributed by atoms with Crippen LogP contribution in [0.4, 0.5) is 0 Å². The van der Waals surface area contributed by atoms with Crippen LogP contribution in [0.2, 0.25) is 0 Å². The first kappa shape index (κ1) is 7.77. The van der Waals surface area contributed by atoms with Gasteiger partial charge in [-0.1, -0.05) is 24.3 Å². The highest BCUT2D eigenvalue weighted by molar-refractivity contribution is 5.36. The van der Waals surface area contributed by atoms with Crippen LogP contribution < -0.4 is 5.32 Å². The Morgan fingerprint density at radius 1 is 1.42 bits per heavy atom. The lowest BCUT2D eigenvalue weighted by Gasteiger charge is -2.13. The molecule has 1 unspecified atom stereocenters. The average Bonchev–Trinajstić information content (AvgIpc) is 2.40. The molecule has 0 bridgehead atoms. The Kier molecular flexibility index (Phi) is 1.87. The van der Waals surface area contributed by atoms with E-state index in [9.17, 15) is 5.11 Å². The molecule has 0 aliphatic heterocycles. The van der Waals surface area contributed by atoms with E-state index in [0.717, 1.165) is 6.42 Å². The lowest BCUT2D eigenvalue weighted by molar-refractivity contribution is 0.145. The number of benzene rings is 1. The van der Waals surface area contributed by atoms with Crippen molar-refractivity contribution in [1.29, 1.82) is 0 Å². The highest BCUT2D eigenvalue weighted by Gasteiger charge is 2.28. The Bertz CT molecular complexity index is 285. The molecule has 2 heteroatoms. The topological polar surface area (TPSA) is 32.3 Å². The maximum atomic E-state index is 9.65. The monoisotopic (exact) mass is 163 g/mol. The van der Waals surface area contributed by atoms with E-state index in [1.165, 1.54) is 11.1 Å². The molecule has 2 N–H and O–H groups in total. The van der Waals surface area contributed by atoms with Gasteiger partial charge in [0.15, 0.2) is 0 Å². The summed E-state index contributed by atoms with van der Waals surface area (Å²) in [6.45, 7) is 0. The Hall–Kier alpha value is -0.860. The summed E-state index contributed by atoms with van der Waals surface area (Å²) in [6.07, 6.45) is 0.522. The zero-order chi connectivity index (χ0) is 8.55. The van der Waals surface area contributed by atoms with Crippen molar-refractivity contribution in [2.24, 2.45) is 0 Å². The van der Waals surface area contributed by atoms with Crippen molar-refractivity contribution < 1.29 is 5.11 Å². The van der Waals surface area contributed by atoms with E-state index in [4.69, 9.17) is 0 Å². The fourth-order valence-corrected chi connectivity index (χ4v) is 1.92. The average molecular weight is 163 g/mol. The van der Waals surface area contributed by atoms with E-state index in [2.05, 4.69) is 17.4 Å². The van der Waals surface area contributed by atoms with E-state index in [0.29, 0.717) is 0 Å². The molecule has 64 valence electrons. The van der Waals surface area contributed by atoms with E-state index in [-0.39, 0.29) is 12.1 Å². The normalized spacial score (nSPS) is 27.2. The number of hydrogen-bond acceptors (Lipinski definition) is 2. The van der Waals surface area contributed by atoms with Gasteiger partial charge in [0.05, 0.1) is 12.1 Å². The van der Waals surface area contributed by atoms with Gasteiger partial charge in [0.25, 0.3) is 0 Å². The first-order chi connectivity index (χ1) is 5.83. The van der Waals surface area contributed by atoms with Crippen molar-refractivity contribution >= 4 is 0 Å². The van der Waals surface area contributed by atoms with Crippen LogP contribution >= 0.6 is 0 Å². The van der Waals surface area contributed by atoms with Crippen LogP contribution in [-0.2, 0) is 6.42 Å². The standard InChI is InChI=1S/C10H13NO/c1-11-10-8-5-3-2-4-7(8)6-9(10)12/h2-5,9-12H,6H2,1H3/t9-,10?/m0/s1. The summed E-state index contributed by atoms with van der Waals surface area (Å²) in [5.41, 5.74) is 2.51. The first-order valence-electron chi connectivity index (χ1n) is 4.26. The third kappa shape index (κ3) is 1.04. The fraction of sp³-hybridized carbons (Fsp3) is 0.400. The van der Waals surface area contributed by atoms with Crippen LogP contribution in [0, 0.1) is 0 Å². The quantitative estimate of drug-likeness (QED) is 0.643. The number of likely N-dealkylation sites (N-methyl/N-ethyl adjacent to an activating group) is 1. The zero-order valence-corrected chi connectivity index (χ0v) is 7.12. The maximum Gasteiger partial charge on any atom is 0.0775 e. The molecule has 0 heterocycles. The van der Waals surface area contributed by atoms with Crippen LogP contribution in [0.1, 0.15) is 17.2 Å². The number of aliphatic hydroxyl groups excluding tert-OH is 1. The van der Waals surface area contributed by atoms with Crippen LogP contribution in [0.3, 0.4) is 0 Å². The van der Waals surface area contributed by atoms with E-state index >= 15 is 0 Å². The van der Waals surface area contributed by atoms with Crippen molar-refractivity contribution in [1.82, 2.24) is 5.32 Å². The van der Waals surface area contributed by atoms with Crippen molar-refractivity contribution in [3.8, 4) is 0 Å². The van der Waals surface area contributed by atoms with Crippen LogP contribution in [0.5, 0.6) is 0 Å². The van der Waals surface area contributed by atoms with Crippen LogP contribution in [0.15, 0.2) is 24.3 Å². The molecule has 0 spiro atoms. The molecule has 12 heavy (non-hydrogen) atoms. The predicted molar refractivity (Wildman–Crippen MR) is 48.0 cm³/mol. The summed E-state index contributed by atoms with van der Waals surface area (Å²) >= 11 is 0. The third-order valence-corrected chi connectivity index (χ3v) is 2.51. The molecule has 1 aromatic carbocycles. The minimum atomic E-state index is -0.257. The SMILES string of the molecule is CNC1c2ccccc2C[C@@H]1O. The molecule has 2 atom stereocenters. The maximum absolute atomic E-state index is 9.65. The molecule has 2 rings (SSSR count). The Morgan fingerprint density at radius 3 is 2.92 bits per heavy atom. The van der Waals surface area contributed by atoms with Gasteiger partial charge in [-0.05, 0) is 18.2 Å². The van der Waals surface area contributed by atoms with Crippen molar-refractivity contribution in [3.63, 3.8) is 0 Å². The van der Waals surface area contributed by atoms with Crippen molar-refractivity contribution in [2.45, 2.75) is 18.6 Å². The number of aliphatic hydroxyl groups is 1. The van der Waals surface area contributed by atoms with Crippen LogP contribution in [-0.4, -0.2) is 18.3 Å². The Morgan fingerprint density at radius 2 is 2.17 bits per heavy atom. The predicted octanol–water partition coefficient (Wildman–Crippen LogP) is 0.864. The highest BCUT2D eigenvalue weighted by Crippen LogP contribution is 2.30. The third-order valence-electron chi connectivity index (χ3n) is 2.51. The molecular weight excluding hydrogens is 150 g/mol. The molecule has 0 saturated heterocycles. The second kappa shape index (κ2) is 2.88. The van der Waals surface area contributed by atoms with E-state index < -0.39 is 0 Å². The lowest BCUT2D eigenvalue weighted by atomic mass is 10.1. The van der Waals surface area contributed by atoms with Crippen molar-refractivity contribution in [2.75, 3.05) is 7.05 Å². The summed E-state index contributed by atoms with van der Waals surface area (Å²) in [6, 6.07) is 8.31. The minimum Gasteiger partial charge on any atom is -0.391 e. The Balaban J connectivity index is 2.40. The Labute approximate surface area is 72.2 Å². The molecule has 2 nitrogen and oxygen atoms in total. The van der Waals surface area contributed by atoms with E-state index in [1.54, 1.807) is 0 Å². The number of rotatable bonds is 1. The summed E-state index contributed by atoms with van der Waals surface area (Å²) in [5.74, 6) is 0. The van der Waals surface area contributed by atoms with Gasteiger partial charge in [-0.2, -0.15) is 0 Å². The summed E-state index contributed by atoms with van der Waals surface area (Å²) < 4.78 is 0. The van der Waals surface area contributed by atoms with Gasteiger partial charge in [0.1, 0.15) is 0 Å². The van der Waals surface area contributed by atoms with Gasteiger partial charge in [-0.3, -0.25) is 0 Å². The van der Waals surface area contributed by atoms with Gasteiger partial charge in [0.2, 0.25) is 0 Å². The summed E-state index contributed by atoms with van der Waals surface area (Å²) in [5, 5.41) is 12.8. The van der Waals surface area contributed by atoms with Gasteiger partial charge < -0.3 is 10.4 Å². The molecule has 0 saturated carbocycles. The minimum absolute atomic E-state index is 0.126. The second-order valence-corrected chi connectivity index (χ2v) is 3.24. The summed E-state index contributed by atoms with van der Waals surface area (Å²) in [7, 11) is 1.88. The molecule has 1 aliphatic carbocycles. The molecular formula is C10H13NO. The van der Waals surface area contributed by atoms with E-state index in [1.807, 2.05) is 19.2 Å². The van der Waals surface area contributed by atoms with Gasteiger partial charge in [-0.15, -0.1) is 0 Å². The smallest absolute Gasteiger partial charge is 0.0775 e. The molecule has 1 aliphatic rings. The van der Waals surface area contributed by atoms with Gasteiger partial charge >= 0.3 is 0 Å². The fourth-order valence-electron chi connectivity index (χ4n) is 1.92.